The number of aliphatic imine (C=N–C) groups is 1. The fourth-order valence-corrected chi connectivity index (χ4v) is 2.98. The van der Waals surface area contributed by atoms with Crippen molar-refractivity contribution in [2.45, 2.75) is 13.3 Å². The minimum atomic E-state index is -0.163. The van der Waals surface area contributed by atoms with Crippen LogP contribution in [0.25, 0.3) is 0 Å². The number of nitrogens with zero attached hydrogens (tertiary/aromatic N) is 5. The predicted molar refractivity (Wildman–Crippen MR) is 117 cm³/mol. The molecular weight excluding hydrogens is 458 g/mol. The normalized spacial score (nSPS) is 14.7. The summed E-state index contributed by atoms with van der Waals surface area (Å²) in [5.74, 6) is 1.50. The van der Waals surface area contributed by atoms with Gasteiger partial charge in [0.1, 0.15) is 5.82 Å². The van der Waals surface area contributed by atoms with Crippen molar-refractivity contribution >= 4 is 35.9 Å². The molecule has 1 saturated heterocycles. The second kappa shape index (κ2) is 11.0. The van der Waals surface area contributed by atoms with Gasteiger partial charge < -0.3 is 15.1 Å². The van der Waals surface area contributed by atoms with Gasteiger partial charge in [-0.1, -0.05) is 18.2 Å². The molecule has 0 bridgehead atoms. The smallest absolute Gasteiger partial charge is 0.225 e. The lowest BCUT2D eigenvalue weighted by Crippen LogP contribution is -2.53. The predicted octanol–water partition coefficient (Wildman–Crippen LogP) is 2.56. The maximum atomic E-state index is 13.7. The molecule has 1 aliphatic heterocycles. The number of guanidine groups is 1. The Labute approximate surface area is 176 Å². The van der Waals surface area contributed by atoms with Gasteiger partial charge in [-0.3, -0.25) is 4.99 Å². The molecule has 1 N–H and O–H groups in total. The van der Waals surface area contributed by atoms with Crippen LogP contribution >= 0.6 is 24.0 Å². The summed E-state index contributed by atoms with van der Waals surface area (Å²) in [4.78, 5) is 17.7. The van der Waals surface area contributed by atoms with Crippen LogP contribution in [0, 0.1) is 5.82 Å². The summed E-state index contributed by atoms with van der Waals surface area (Å²) in [5, 5.41) is 3.34. The number of anilines is 1. The average Bonchev–Trinajstić information content (AvgIpc) is 2.69. The fraction of sp³-hybridized carbons (Fsp3) is 0.421. The van der Waals surface area contributed by atoms with Crippen LogP contribution in [-0.4, -0.2) is 60.1 Å². The topological polar surface area (TPSA) is 56.7 Å². The van der Waals surface area contributed by atoms with Gasteiger partial charge in [-0.15, -0.1) is 24.0 Å². The van der Waals surface area contributed by atoms with Gasteiger partial charge in [0.05, 0.1) is 0 Å². The Morgan fingerprint density at radius 1 is 1.11 bits per heavy atom. The third kappa shape index (κ3) is 6.02. The maximum Gasteiger partial charge on any atom is 0.225 e. The number of piperazine rings is 1. The van der Waals surface area contributed by atoms with Crippen LogP contribution in [0.4, 0.5) is 10.3 Å². The minimum Gasteiger partial charge on any atom is -0.357 e. The van der Waals surface area contributed by atoms with Crippen molar-refractivity contribution in [2.75, 3.05) is 44.2 Å². The van der Waals surface area contributed by atoms with Gasteiger partial charge >= 0.3 is 0 Å². The van der Waals surface area contributed by atoms with Gasteiger partial charge in [0.15, 0.2) is 5.96 Å². The number of rotatable bonds is 5. The van der Waals surface area contributed by atoms with Crippen LogP contribution in [-0.2, 0) is 6.42 Å². The molecule has 1 aromatic carbocycles. The number of aromatic nitrogens is 2. The molecule has 0 unspecified atom stereocenters. The third-order valence-electron chi connectivity index (χ3n) is 4.35. The highest BCUT2D eigenvalue weighted by Gasteiger charge is 2.20. The van der Waals surface area contributed by atoms with E-state index in [4.69, 9.17) is 0 Å². The monoisotopic (exact) mass is 484 g/mol. The molecule has 0 radical (unpaired) electrons. The summed E-state index contributed by atoms with van der Waals surface area (Å²) < 4.78 is 13.7. The summed E-state index contributed by atoms with van der Waals surface area (Å²) in [6, 6.07) is 8.71. The standard InChI is InChI=1S/C19H25FN6.HI/c1-2-21-18(24-11-8-16-6-3-4-7-17(16)20)25-12-14-26(15-13-25)19-22-9-5-10-23-19;/h3-7,9-10H,2,8,11-15H2,1H3,(H,21,24);1H. The molecular formula is C19H26FIN6. The SMILES string of the molecule is CCNC(=NCCc1ccccc1F)N1CCN(c2ncccn2)CC1.I. The van der Waals surface area contributed by atoms with Crippen molar-refractivity contribution in [1.29, 1.82) is 0 Å². The van der Waals surface area contributed by atoms with Gasteiger partial charge in [0, 0.05) is 51.7 Å². The second-order valence-corrected chi connectivity index (χ2v) is 6.10. The van der Waals surface area contributed by atoms with Crippen molar-refractivity contribution in [1.82, 2.24) is 20.2 Å². The summed E-state index contributed by atoms with van der Waals surface area (Å²) in [6.45, 7) is 6.82. The molecule has 0 spiro atoms. The van der Waals surface area contributed by atoms with Crippen molar-refractivity contribution < 1.29 is 4.39 Å². The van der Waals surface area contributed by atoms with E-state index in [0.717, 1.165) is 44.6 Å². The van der Waals surface area contributed by atoms with E-state index in [9.17, 15) is 4.39 Å². The van der Waals surface area contributed by atoms with Gasteiger partial charge in [0.25, 0.3) is 0 Å². The quantitative estimate of drug-likeness (QED) is 0.402. The molecule has 1 fully saturated rings. The minimum absolute atomic E-state index is 0. The Kier molecular flexibility index (Phi) is 8.70. The molecule has 1 aliphatic rings. The molecule has 1 aromatic heterocycles. The first-order chi connectivity index (χ1) is 12.8. The van der Waals surface area contributed by atoms with Crippen LogP contribution in [0.3, 0.4) is 0 Å². The van der Waals surface area contributed by atoms with E-state index < -0.39 is 0 Å². The van der Waals surface area contributed by atoms with Gasteiger partial charge in [-0.2, -0.15) is 0 Å². The first-order valence-corrected chi connectivity index (χ1v) is 9.06. The van der Waals surface area contributed by atoms with E-state index in [1.54, 1.807) is 18.5 Å². The lowest BCUT2D eigenvalue weighted by molar-refractivity contribution is 0.370. The van der Waals surface area contributed by atoms with Crippen molar-refractivity contribution in [2.24, 2.45) is 4.99 Å². The number of hydrogen-bond donors (Lipinski definition) is 1. The third-order valence-corrected chi connectivity index (χ3v) is 4.35. The average molecular weight is 484 g/mol. The first-order valence-electron chi connectivity index (χ1n) is 9.06. The van der Waals surface area contributed by atoms with E-state index in [0.29, 0.717) is 18.5 Å². The molecule has 8 heteroatoms. The van der Waals surface area contributed by atoms with Gasteiger partial charge in [-0.25, -0.2) is 14.4 Å². The van der Waals surface area contributed by atoms with E-state index in [2.05, 4.69) is 37.0 Å². The zero-order valence-electron chi connectivity index (χ0n) is 15.5. The van der Waals surface area contributed by atoms with Gasteiger partial charge in [-0.05, 0) is 31.0 Å². The lowest BCUT2D eigenvalue weighted by Gasteiger charge is -2.36. The molecule has 0 aliphatic carbocycles. The number of hydrogen-bond acceptors (Lipinski definition) is 4. The molecule has 2 heterocycles. The molecule has 27 heavy (non-hydrogen) atoms. The van der Waals surface area contributed by atoms with Crippen molar-refractivity contribution in [3.8, 4) is 0 Å². The van der Waals surface area contributed by atoms with E-state index >= 15 is 0 Å². The summed E-state index contributed by atoms with van der Waals surface area (Å²) >= 11 is 0. The zero-order chi connectivity index (χ0) is 18.2. The molecule has 0 atom stereocenters. The van der Waals surface area contributed by atoms with Crippen LogP contribution < -0.4 is 10.2 Å². The Balaban J connectivity index is 0.00000261. The van der Waals surface area contributed by atoms with Crippen molar-refractivity contribution in [3.05, 3.63) is 54.1 Å². The maximum absolute atomic E-state index is 13.7. The summed E-state index contributed by atoms with van der Waals surface area (Å²) in [7, 11) is 0. The molecule has 3 rings (SSSR count). The number of halogens is 2. The highest BCUT2D eigenvalue weighted by molar-refractivity contribution is 14.0. The van der Waals surface area contributed by atoms with E-state index in [1.165, 1.54) is 6.07 Å². The molecule has 6 nitrogen and oxygen atoms in total. The second-order valence-electron chi connectivity index (χ2n) is 6.10. The summed E-state index contributed by atoms with van der Waals surface area (Å²) in [6.07, 6.45) is 4.13. The lowest BCUT2D eigenvalue weighted by atomic mass is 10.1. The van der Waals surface area contributed by atoms with Crippen LogP contribution in [0.5, 0.6) is 0 Å². The van der Waals surface area contributed by atoms with Crippen LogP contribution in [0.1, 0.15) is 12.5 Å². The number of benzene rings is 1. The highest BCUT2D eigenvalue weighted by Crippen LogP contribution is 2.10. The molecule has 2 aromatic rings. The molecule has 0 saturated carbocycles. The Hall–Kier alpha value is -1.97. The Morgan fingerprint density at radius 3 is 2.48 bits per heavy atom. The van der Waals surface area contributed by atoms with Crippen LogP contribution in [0.15, 0.2) is 47.7 Å². The van der Waals surface area contributed by atoms with E-state index in [1.807, 2.05) is 18.2 Å². The first kappa shape index (κ1) is 21.3. The Morgan fingerprint density at radius 2 is 1.81 bits per heavy atom. The fourth-order valence-electron chi connectivity index (χ4n) is 2.98. The van der Waals surface area contributed by atoms with E-state index in [-0.39, 0.29) is 29.8 Å². The Bertz CT molecular complexity index is 719. The van der Waals surface area contributed by atoms with Crippen molar-refractivity contribution in [3.63, 3.8) is 0 Å². The highest BCUT2D eigenvalue weighted by atomic mass is 127. The van der Waals surface area contributed by atoms with Crippen LogP contribution in [0.2, 0.25) is 0 Å². The number of nitrogens with one attached hydrogen (secondary N) is 1. The summed E-state index contributed by atoms with van der Waals surface area (Å²) in [5.41, 5.74) is 0.707. The zero-order valence-corrected chi connectivity index (χ0v) is 17.8. The van der Waals surface area contributed by atoms with Gasteiger partial charge in [0.2, 0.25) is 5.95 Å². The molecule has 146 valence electrons. The molecule has 0 amide bonds. The largest absolute Gasteiger partial charge is 0.357 e.